The van der Waals surface area contributed by atoms with Gasteiger partial charge in [-0.25, -0.2) is 0 Å². The minimum Gasteiger partial charge on any atom is -0.261 e. The van der Waals surface area contributed by atoms with Crippen molar-refractivity contribution < 1.29 is 17.4 Å². The van der Waals surface area contributed by atoms with E-state index < -0.39 is 0 Å². The third-order valence-corrected chi connectivity index (χ3v) is 2.79. The fraction of sp³-hybridized carbons (Fsp3) is 0.0667. The molecular formula is C15H12CrN-. The van der Waals surface area contributed by atoms with E-state index in [2.05, 4.69) is 47.4 Å². The van der Waals surface area contributed by atoms with E-state index in [1.165, 1.54) is 16.3 Å². The number of pyridine rings is 1. The van der Waals surface area contributed by atoms with Gasteiger partial charge in [-0.1, -0.05) is 12.1 Å². The largest absolute Gasteiger partial charge is 0.261 e. The summed E-state index contributed by atoms with van der Waals surface area (Å²) in [6, 6.07) is 19.0. The third kappa shape index (κ3) is 2.61. The molecule has 2 aromatic carbocycles. The van der Waals surface area contributed by atoms with Gasteiger partial charge < -0.3 is 0 Å². The minimum atomic E-state index is 0. The molecule has 3 rings (SSSR count). The Labute approximate surface area is 112 Å². The number of nitrogens with zero attached hydrogens (tertiary/aromatic N) is 1. The smallest absolute Gasteiger partial charge is 0.0431 e. The number of hydrogen-bond donors (Lipinski definition) is 0. The Hall–Kier alpha value is -1.49. The molecule has 0 atom stereocenters. The summed E-state index contributed by atoms with van der Waals surface area (Å²) in [6.07, 6.45) is 2.76. The van der Waals surface area contributed by atoms with Crippen LogP contribution in [0.15, 0.2) is 60.8 Å². The maximum atomic E-state index is 4.34. The van der Waals surface area contributed by atoms with E-state index in [9.17, 15) is 0 Å². The van der Waals surface area contributed by atoms with E-state index in [1.54, 1.807) is 0 Å². The second kappa shape index (κ2) is 5.23. The van der Waals surface area contributed by atoms with E-state index in [1.807, 2.05) is 18.3 Å². The zero-order valence-corrected chi connectivity index (χ0v) is 10.6. The topological polar surface area (TPSA) is 12.9 Å². The molecular weight excluding hydrogens is 246 g/mol. The molecule has 0 amide bonds. The van der Waals surface area contributed by atoms with E-state index in [0.717, 1.165) is 12.1 Å². The fourth-order valence-corrected chi connectivity index (χ4v) is 2.03. The average molecular weight is 258 g/mol. The van der Waals surface area contributed by atoms with Gasteiger partial charge >= 0.3 is 0 Å². The maximum absolute atomic E-state index is 4.34. The van der Waals surface area contributed by atoms with Gasteiger partial charge in [-0.2, -0.15) is 6.07 Å². The molecule has 1 aromatic heterocycles. The minimum absolute atomic E-state index is 0. The van der Waals surface area contributed by atoms with Gasteiger partial charge in [0, 0.05) is 29.3 Å². The Morgan fingerprint density at radius 3 is 2.59 bits per heavy atom. The Balaban J connectivity index is 0.00000108. The Morgan fingerprint density at radius 2 is 1.82 bits per heavy atom. The molecule has 17 heavy (non-hydrogen) atoms. The van der Waals surface area contributed by atoms with Crippen molar-refractivity contribution in [1.82, 2.24) is 4.98 Å². The van der Waals surface area contributed by atoms with Crippen molar-refractivity contribution >= 4 is 10.8 Å². The summed E-state index contributed by atoms with van der Waals surface area (Å²) >= 11 is 0. The van der Waals surface area contributed by atoms with Crippen LogP contribution in [-0.4, -0.2) is 4.98 Å². The standard InChI is InChI=1S/C15H12N.Cr/c1-2-6-14-10-12(9-13(14)5-1)11-15-7-3-4-8-16-15;/h1-10H,11H2;/q-1;. The second-order valence-electron chi connectivity index (χ2n) is 3.99. The predicted octanol–water partition coefficient (Wildman–Crippen LogP) is 3.54. The first-order valence-electron chi connectivity index (χ1n) is 5.46. The first kappa shape index (κ1) is 12.0. The molecule has 0 bridgehead atoms. The second-order valence-corrected chi connectivity index (χ2v) is 3.99. The van der Waals surface area contributed by atoms with E-state index in [4.69, 9.17) is 0 Å². The third-order valence-electron chi connectivity index (χ3n) is 2.79. The molecule has 1 heterocycles. The first-order chi connectivity index (χ1) is 7.92. The van der Waals surface area contributed by atoms with Gasteiger partial charge in [0.2, 0.25) is 0 Å². The van der Waals surface area contributed by atoms with Crippen LogP contribution < -0.4 is 0 Å². The molecule has 0 radical (unpaired) electrons. The summed E-state index contributed by atoms with van der Waals surface area (Å²) in [5, 5.41) is 2.63. The summed E-state index contributed by atoms with van der Waals surface area (Å²) in [4.78, 5) is 4.34. The van der Waals surface area contributed by atoms with Crippen molar-refractivity contribution in [2.75, 3.05) is 0 Å². The quantitative estimate of drug-likeness (QED) is 0.641. The van der Waals surface area contributed by atoms with Gasteiger partial charge in [-0.15, -0.1) is 40.6 Å². The molecule has 0 saturated heterocycles. The first-order valence-corrected chi connectivity index (χ1v) is 5.46. The molecule has 84 valence electrons. The number of fused-ring (bicyclic) bond motifs is 1. The van der Waals surface area contributed by atoms with Gasteiger partial charge in [0.15, 0.2) is 0 Å². The van der Waals surface area contributed by atoms with Crippen molar-refractivity contribution in [3.63, 3.8) is 0 Å². The average Bonchev–Trinajstić information content (AvgIpc) is 2.72. The number of hydrogen-bond acceptors (Lipinski definition) is 1. The van der Waals surface area contributed by atoms with Crippen LogP contribution in [0.25, 0.3) is 10.8 Å². The predicted molar refractivity (Wildman–Crippen MR) is 66.6 cm³/mol. The molecule has 0 fully saturated rings. The fourth-order valence-electron chi connectivity index (χ4n) is 2.03. The molecule has 0 saturated carbocycles. The van der Waals surface area contributed by atoms with Crippen molar-refractivity contribution in [2.24, 2.45) is 0 Å². The summed E-state index contributed by atoms with van der Waals surface area (Å²) in [5.41, 5.74) is 2.46. The summed E-state index contributed by atoms with van der Waals surface area (Å²) in [7, 11) is 0. The molecule has 2 heteroatoms. The Morgan fingerprint density at radius 1 is 1.00 bits per heavy atom. The molecule has 1 nitrogen and oxygen atoms in total. The molecule has 0 N–H and O–H groups in total. The van der Waals surface area contributed by atoms with Gasteiger partial charge in [-0.3, -0.25) is 4.98 Å². The van der Waals surface area contributed by atoms with Crippen molar-refractivity contribution in [3.8, 4) is 0 Å². The number of rotatable bonds is 2. The zero-order chi connectivity index (χ0) is 10.8. The van der Waals surface area contributed by atoms with Crippen molar-refractivity contribution in [1.29, 1.82) is 0 Å². The van der Waals surface area contributed by atoms with Crippen LogP contribution >= 0.6 is 0 Å². The van der Waals surface area contributed by atoms with Gasteiger partial charge in [0.25, 0.3) is 0 Å². The molecule has 0 aliphatic rings. The summed E-state index contributed by atoms with van der Waals surface area (Å²) in [5.74, 6) is 0. The Kier molecular flexibility index (Phi) is 3.69. The van der Waals surface area contributed by atoms with Crippen LogP contribution in [0.2, 0.25) is 0 Å². The molecule has 3 aromatic rings. The van der Waals surface area contributed by atoms with Crippen molar-refractivity contribution in [2.45, 2.75) is 6.42 Å². The van der Waals surface area contributed by atoms with E-state index in [0.29, 0.717) is 0 Å². The van der Waals surface area contributed by atoms with E-state index in [-0.39, 0.29) is 17.4 Å². The molecule has 0 aliphatic heterocycles. The van der Waals surface area contributed by atoms with Gasteiger partial charge in [0.05, 0.1) is 0 Å². The Bertz CT molecular complexity index is 565. The van der Waals surface area contributed by atoms with Gasteiger partial charge in [0.1, 0.15) is 0 Å². The van der Waals surface area contributed by atoms with Crippen LogP contribution in [0.3, 0.4) is 0 Å². The number of benzene rings is 1. The van der Waals surface area contributed by atoms with Crippen LogP contribution in [0.4, 0.5) is 0 Å². The van der Waals surface area contributed by atoms with Crippen LogP contribution in [0, 0.1) is 0 Å². The monoisotopic (exact) mass is 258 g/mol. The van der Waals surface area contributed by atoms with Gasteiger partial charge in [-0.05, 0) is 18.6 Å². The SMILES string of the molecule is [Cr].c1ccc(Cc2cc3ccccc3[cH-]2)nc1. The molecule has 0 aliphatic carbocycles. The van der Waals surface area contributed by atoms with E-state index >= 15 is 0 Å². The van der Waals surface area contributed by atoms with Crippen LogP contribution in [-0.2, 0) is 23.8 Å². The van der Waals surface area contributed by atoms with Crippen LogP contribution in [0.5, 0.6) is 0 Å². The zero-order valence-electron chi connectivity index (χ0n) is 9.34. The molecule has 0 unspecified atom stereocenters. The summed E-state index contributed by atoms with van der Waals surface area (Å²) in [6.45, 7) is 0. The molecule has 0 spiro atoms. The van der Waals surface area contributed by atoms with Crippen molar-refractivity contribution in [3.05, 3.63) is 72.1 Å². The maximum Gasteiger partial charge on any atom is 0.0431 e. The summed E-state index contributed by atoms with van der Waals surface area (Å²) < 4.78 is 0. The van der Waals surface area contributed by atoms with Crippen LogP contribution in [0.1, 0.15) is 11.3 Å². The number of aromatic nitrogens is 1. The normalized spacial score (nSPS) is 10.1.